The molecule has 0 saturated carbocycles. The van der Waals surface area contributed by atoms with Crippen molar-refractivity contribution in [2.45, 2.75) is 26.2 Å². The maximum absolute atomic E-state index is 7.17. The van der Waals surface area contributed by atoms with E-state index in [9.17, 15) is 0 Å². The van der Waals surface area contributed by atoms with Crippen LogP contribution in [0.4, 0.5) is 11.4 Å². The standard InChI is InChI=1S/C60H42N2O/c1-36(62-57-50-26-10-8-23-46(50)45-22-7-9-25-49(45)56(57)61-4)37-17-13-18-38(32-37)39-19-14-20-40(33-39)44-27-15-28-51-55-43-21-6-5-16-41(43)34-52(59(55)63-58(44)51)42-30-31-48-47-24-11-12-29-53(47)60(2,3)54(48)35-42/h5-35H,4H2,1-3H3. The van der Waals surface area contributed by atoms with E-state index in [0.717, 1.165) is 99.5 Å². The van der Waals surface area contributed by atoms with Crippen molar-refractivity contribution >= 4 is 78.1 Å². The minimum Gasteiger partial charge on any atom is -0.455 e. The first-order valence-electron chi connectivity index (χ1n) is 21.7. The van der Waals surface area contributed by atoms with Gasteiger partial charge in [-0.05, 0) is 110 Å². The SMILES string of the molecule is C=Nc1c(N=C(C)c2cccc(-c3cccc(-c4cccc5c4oc4c(-c6ccc7c(c6)C(C)(C)c6ccccc6-7)cc6ccccc6c45)c3)c2)c2ccccc2c2ccccc12. The van der Waals surface area contributed by atoms with Crippen molar-refractivity contribution < 1.29 is 4.42 Å². The van der Waals surface area contributed by atoms with Gasteiger partial charge >= 0.3 is 0 Å². The lowest BCUT2D eigenvalue weighted by Crippen LogP contribution is -2.14. The second-order valence-electron chi connectivity index (χ2n) is 17.4. The van der Waals surface area contributed by atoms with Gasteiger partial charge in [0.1, 0.15) is 11.2 Å². The summed E-state index contributed by atoms with van der Waals surface area (Å²) in [6.45, 7) is 10.7. The van der Waals surface area contributed by atoms with E-state index in [-0.39, 0.29) is 5.41 Å². The zero-order chi connectivity index (χ0) is 42.4. The third-order valence-electron chi connectivity index (χ3n) is 13.5. The number of hydrogen-bond acceptors (Lipinski definition) is 3. The lowest BCUT2D eigenvalue weighted by atomic mass is 9.81. The van der Waals surface area contributed by atoms with Gasteiger partial charge in [0, 0.05) is 43.8 Å². The van der Waals surface area contributed by atoms with E-state index in [2.05, 4.69) is 214 Å². The molecule has 12 rings (SSSR count). The van der Waals surface area contributed by atoms with Crippen LogP contribution in [0.3, 0.4) is 0 Å². The fraction of sp³-hybridized carbons (Fsp3) is 0.0667. The molecule has 0 aliphatic heterocycles. The third kappa shape index (κ3) is 5.66. The summed E-state index contributed by atoms with van der Waals surface area (Å²) in [6.07, 6.45) is 0. The molecule has 0 amide bonds. The van der Waals surface area contributed by atoms with Crippen molar-refractivity contribution in [3.8, 4) is 44.5 Å². The molecule has 0 bridgehead atoms. The molecule has 0 unspecified atom stereocenters. The Kier molecular flexibility index (Phi) is 8.26. The van der Waals surface area contributed by atoms with E-state index < -0.39 is 0 Å². The van der Waals surface area contributed by atoms with Gasteiger partial charge in [0.25, 0.3) is 0 Å². The van der Waals surface area contributed by atoms with Crippen LogP contribution < -0.4 is 0 Å². The number of benzene rings is 10. The van der Waals surface area contributed by atoms with Crippen LogP contribution >= 0.6 is 0 Å². The van der Waals surface area contributed by atoms with Crippen LogP contribution in [-0.2, 0) is 5.41 Å². The van der Waals surface area contributed by atoms with E-state index in [1.54, 1.807) is 0 Å². The number of aliphatic imine (C=N–C) groups is 2. The predicted molar refractivity (Wildman–Crippen MR) is 268 cm³/mol. The van der Waals surface area contributed by atoms with Crippen LogP contribution in [-0.4, -0.2) is 12.4 Å². The number of hydrogen-bond donors (Lipinski definition) is 0. The monoisotopic (exact) mass is 806 g/mol. The average Bonchev–Trinajstić information content (AvgIpc) is 3.84. The summed E-state index contributed by atoms with van der Waals surface area (Å²) in [5.41, 5.74) is 17.3. The minimum absolute atomic E-state index is 0.104. The highest BCUT2D eigenvalue weighted by Crippen LogP contribution is 2.51. The van der Waals surface area contributed by atoms with Crippen molar-refractivity contribution in [1.82, 2.24) is 0 Å². The van der Waals surface area contributed by atoms with Crippen molar-refractivity contribution in [2.75, 3.05) is 0 Å². The van der Waals surface area contributed by atoms with Crippen LogP contribution in [0, 0.1) is 0 Å². The van der Waals surface area contributed by atoms with Crippen LogP contribution in [0.25, 0.3) is 98.8 Å². The molecule has 1 aromatic heterocycles. The first-order chi connectivity index (χ1) is 30.9. The lowest BCUT2D eigenvalue weighted by Gasteiger charge is -2.22. The van der Waals surface area contributed by atoms with Gasteiger partial charge in [0.05, 0.1) is 11.4 Å². The molecule has 1 aliphatic rings. The van der Waals surface area contributed by atoms with Gasteiger partial charge in [-0.2, -0.15) is 0 Å². The molecule has 0 atom stereocenters. The molecule has 1 heterocycles. The number of rotatable bonds is 6. The second kappa shape index (κ2) is 14.1. The predicted octanol–water partition coefficient (Wildman–Crippen LogP) is 16.8. The number of fused-ring (bicyclic) bond motifs is 11. The molecule has 0 saturated heterocycles. The van der Waals surface area contributed by atoms with Crippen LogP contribution in [0.1, 0.15) is 37.5 Å². The Morgan fingerprint density at radius 1 is 0.444 bits per heavy atom. The molecular weight excluding hydrogens is 765 g/mol. The second-order valence-corrected chi connectivity index (χ2v) is 17.4. The van der Waals surface area contributed by atoms with Gasteiger partial charge in [-0.25, -0.2) is 0 Å². The lowest BCUT2D eigenvalue weighted by molar-refractivity contribution is 0.660. The van der Waals surface area contributed by atoms with E-state index in [0.29, 0.717) is 0 Å². The molecule has 63 heavy (non-hydrogen) atoms. The van der Waals surface area contributed by atoms with Gasteiger partial charge in [-0.3, -0.25) is 9.98 Å². The highest BCUT2D eigenvalue weighted by Gasteiger charge is 2.35. The maximum atomic E-state index is 7.17. The van der Waals surface area contributed by atoms with Crippen LogP contribution in [0.2, 0.25) is 0 Å². The molecule has 298 valence electrons. The van der Waals surface area contributed by atoms with Gasteiger partial charge in [-0.15, -0.1) is 0 Å². The quantitative estimate of drug-likeness (QED) is 0.122. The van der Waals surface area contributed by atoms with Crippen molar-refractivity contribution in [2.24, 2.45) is 9.98 Å². The van der Waals surface area contributed by atoms with Gasteiger partial charge in [-0.1, -0.05) is 178 Å². The molecule has 0 radical (unpaired) electrons. The van der Waals surface area contributed by atoms with Crippen molar-refractivity contribution in [3.63, 3.8) is 0 Å². The molecule has 0 spiro atoms. The first kappa shape index (κ1) is 36.9. The Labute approximate surface area is 366 Å². The smallest absolute Gasteiger partial charge is 0.143 e. The zero-order valence-corrected chi connectivity index (χ0v) is 35.4. The third-order valence-corrected chi connectivity index (χ3v) is 13.5. The fourth-order valence-corrected chi connectivity index (χ4v) is 10.4. The number of nitrogens with zero attached hydrogens (tertiary/aromatic N) is 2. The normalized spacial score (nSPS) is 13.3. The number of furan rings is 1. The molecule has 11 aromatic rings. The Morgan fingerprint density at radius 2 is 1.03 bits per heavy atom. The largest absolute Gasteiger partial charge is 0.455 e. The highest BCUT2D eigenvalue weighted by molar-refractivity contribution is 6.24. The van der Waals surface area contributed by atoms with Crippen molar-refractivity contribution in [3.05, 3.63) is 205 Å². The van der Waals surface area contributed by atoms with Crippen molar-refractivity contribution in [1.29, 1.82) is 0 Å². The average molecular weight is 807 g/mol. The Morgan fingerprint density at radius 3 is 1.83 bits per heavy atom. The van der Waals surface area contributed by atoms with Crippen LogP contribution in [0.5, 0.6) is 0 Å². The van der Waals surface area contributed by atoms with Gasteiger partial charge in [0.2, 0.25) is 0 Å². The summed E-state index contributed by atoms with van der Waals surface area (Å²) in [6, 6.07) is 67.7. The van der Waals surface area contributed by atoms with E-state index in [1.807, 2.05) is 6.07 Å². The summed E-state index contributed by atoms with van der Waals surface area (Å²) in [7, 11) is 0. The number of para-hydroxylation sites is 1. The summed E-state index contributed by atoms with van der Waals surface area (Å²) in [5, 5.41) is 9.06. The molecule has 0 fully saturated rings. The summed E-state index contributed by atoms with van der Waals surface area (Å²) >= 11 is 0. The summed E-state index contributed by atoms with van der Waals surface area (Å²) in [5.74, 6) is 0. The summed E-state index contributed by atoms with van der Waals surface area (Å²) < 4.78 is 7.17. The molecular formula is C60H42N2O. The molecule has 3 nitrogen and oxygen atoms in total. The molecule has 10 aromatic carbocycles. The Hall–Kier alpha value is -7.88. The van der Waals surface area contributed by atoms with Crippen LogP contribution in [0.15, 0.2) is 202 Å². The minimum atomic E-state index is -0.104. The topological polar surface area (TPSA) is 37.9 Å². The maximum Gasteiger partial charge on any atom is 0.143 e. The Balaban J connectivity index is 0.970. The van der Waals surface area contributed by atoms with E-state index >= 15 is 0 Å². The first-order valence-corrected chi connectivity index (χ1v) is 21.7. The van der Waals surface area contributed by atoms with E-state index in [4.69, 9.17) is 9.41 Å². The fourth-order valence-electron chi connectivity index (χ4n) is 10.4. The molecule has 3 heteroatoms. The van der Waals surface area contributed by atoms with Gasteiger partial charge < -0.3 is 4.42 Å². The van der Waals surface area contributed by atoms with E-state index in [1.165, 1.54) is 33.0 Å². The summed E-state index contributed by atoms with van der Waals surface area (Å²) in [4.78, 5) is 9.82. The highest BCUT2D eigenvalue weighted by atomic mass is 16.3. The van der Waals surface area contributed by atoms with Gasteiger partial charge in [0.15, 0.2) is 0 Å². The molecule has 0 N–H and O–H groups in total. The zero-order valence-electron chi connectivity index (χ0n) is 35.4. The Bertz CT molecular complexity index is 3750. The molecule has 1 aliphatic carbocycles.